The van der Waals surface area contributed by atoms with Crippen LogP contribution in [0.15, 0.2) is 41.0 Å². The van der Waals surface area contributed by atoms with Crippen molar-refractivity contribution in [3.05, 3.63) is 52.9 Å². The molecule has 0 radical (unpaired) electrons. The van der Waals surface area contributed by atoms with Crippen LogP contribution in [0.25, 0.3) is 0 Å². The van der Waals surface area contributed by atoms with Gasteiger partial charge < -0.3 is 9.73 Å². The van der Waals surface area contributed by atoms with E-state index in [0.717, 1.165) is 11.4 Å². The van der Waals surface area contributed by atoms with Gasteiger partial charge in [-0.2, -0.15) is 5.26 Å². The van der Waals surface area contributed by atoms with Crippen LogP contribution in [0, 0.1) is 11.3 Å². The van der Waals surface area contributed by atoms with Crippen molar-refractivity contribution in [1.29, 1.82) is 5.26 Å². The largest absolute Gasteiger partial charge is 0.467 e. The van der Waals surface area contributed by atoms with E-state index in [1.54, 1.807) is 24.5 Å². The minimum absolute atomic E-state index is 0.00329. The summed E-state index contributed by atoms with van der Waals surface area (Å²) in [6.07, 6.45) is 1.63. The molecule has 1 heterocycles. The number of hydrogen-bond donors (Lipinski definition) is 1. The molecular formula is C13H11ClN2O. The first kappa shape index (κ1) is 11.6. The van der Waals surface area contributed by atoms with Gasteiger partial charge in [-0.25, -0.2) is 0 Å². The maximum Gasteiger partial charge on any atom is 0.125 e. The Labute approximate surface area is 105 Å². The van der Waals surface area contributed by atoms with E-state index in [1.807, 2.05) is 19.1 Å². The fourth-order valence-corrected chi connectivity index (χ4v) is 1.72. The molecule has 0 saturated heterocycles. The van der Waals surface area contributed by atoms with E-state index in [9.17, 15) is 0 Å². The number of rotatable bonds is 3. The molecule has 2 rings (SSSR count). The van der Waals surface area contributed by atoms with E-state index in [1.165, 1.54) is 0 Å². The number of anilines is 1. The summed E-state index contributed by atoms with van der Waals surface area (Å²) in [5, 5.41) is 12.6. The number of furan rings is 1. The molecule has 17 heavy (non-hydrogen) atoms. The maximum atomic E-state index is 8.83. The molecule has 0 aliphatic heterocycles. The fourth-order valence-electron chi connectivity index (χ4n) is 1.55. The number of nitrogens with one attached hydrogen (secondary N) is 1. The maximum absolute atomic E-state index is 8.83. The van der Waals surface area contributed by atoms with Crippen LogP contribution >= 0.6 is 11.6 Å². The number of hydrogen-bond acceptors (Lipinski definition) is 3. The molecule has 0 aliphatic rings. The highest BCUT2D eigenvalue weighted by molar-refractivity contribution is 6.33. The lowest BCUT2D eigenvalue weighted by atomic mass is 10.2. The first-order chi connectivity index (χ1) is 8.20. The SMILES string of the molecule is CC(Nc1cc(C#N)ccc1Cl)c1ccco1. The van der Waals surface area contributed by atoms with Crippen molar-refractivity contribution in [3.8, 4) is 6.07 Å². The summed E-state index contributed by atoms with van der Waals surface area (Å²) in [7, 11) is 0. The molecule has 1 aromatic carbocycles. The van der Waals surface area contributed by atoms with Gasteiger partial charge in [0.25, 0.3) is 0 Å². The minimum Gasteiger partial charge on any atom is -0.467 e. The molecule has 1 aromatic heterocycles. The predicted octanol–water partition coefficient (Wildman–Crippen LogP) is 3.98. The van der Waals surface area contributed by atoms with Gasteiger partial charge >= 0.3 is 0 Å². The van der Waals surface area contributed by atoms with Crippen molar-refractivity contribution in [3.63, 3.8) is 0 Å². The van der Waals surface area contributed by atoms with Crippen molar-refractivity contribution in [2.24, 2.45) is 0 Å². The summed E-state index contributed by atoms with van der Waals surface area (Å²) in [5.74, 6) is 0.823. The molecule has 0 fully saturated rings. The van der Waals surface area contributed by atoms with E-state index in [2.05, 4.69) is 11.4 Å². The lowest BCUT2D eigenvalue weighted by molar-refractivity contribution is 0.490. The minimum atomic E-state index is -0.00329. The summed E-state index contributed by atoms with van der Waals surface area (Å²) < 4.78 is 5.29. The van der Waals surface area contributed by atoms with Gasteiger partial charge in [-0.15, -0.1) is 0 Å². The Hall–Kier alpha value is -1.92. The molecule has 0 amide bonds. The van der Waals surface area contributed by atoms with Crippen molar-refractivity contribution in [2.45, 2.75) is 13.0 Å². The third-order valence-electron chi connectivity index (χ3n) is 2.44. The van der Waals surface area contributed by atoms with Gasteiger partial charge in [-0.05, 0) is 37.3 Å². The highest BCUT2D eigenvalue weighted by atomic mass is 35.5. The van der Waals surface area contributed by atoms with E-state index in [4.69, 9.17) is 21.3 Å². The van der Waals surface area contributed by atoms with Gasteiger partial charge in [-0.1, -0.05) is 11.6 Å². The molecule has 4 heteroatoms. The molecule has 0 bridgehead atoms. The molecule has 86 valence electrons. The van der Waals surface area contributed by atoms with Crippen LogP contribution in [-0.2, 0) is 0 Å². The average molecular weight is 247 g/mol. The van der Waals surface area contributed by atoms with Crippen LogP contribution in [0.2, 0.25) is 5.02 Å². The summed E-state index contributed by atoms with van der Waals surface area (Å²) in [4.78, 5) is 0. The highest BCUT2D eigenvalue weighted by Gasteiger charge is 2.10. The van der Waals surface area contributed by atoms with Gasteiger partial charge in [0.2, 0.25) is 0 Å². The molecule has 2 aromatic rings. The van der Waals surface area contributed by atoms with Gasteiger partial charge in [0, 0.05) is 0 Å². The van der Waals surface area contributed by atoms with Crippen molar-refractivity contribution < 1.29 is 4.42 Å². The first-order valence-corrected chi connectivity index (χ1v) is 5.58. The summed E-state index contributed by atoms with van der Waals surface area (Å²) in [5.41, 5.74) is 1.30. The number of halogens is 1. The Morgan fingerprint density at radius 2 is 2.24 bits per heavy atom. The summed E-state index contributed by atoms with van der Waals surface area (Å²) in [6.45, 7) is 1.97. The second-order valence-electron chi connectivity index (χ2n) is 3.69. The van der Waals surface area contributed by atoms with Gasteiger partial charge in [-0.3, -0.25) is 0 Å². The molecule has 1 atom stereocenters. The van der Waals surface area contributed by atoms with E-state index < -0.39 is 0 Å². The normalized spacial score (nSPS) is 11.8. The van der Waals surface area contributed by atoms with Crippen LogP contribution in [0.3, 0.4) is 0 Å². The summed E-state index contributed by atoms with van der Waals surface area (Å²) in [6, 6.07) is 10.9. The molecule has 1 N–H and O–H groups in total. The van der Waals surface area contributed by atoms with E-state index >= 15 is 0 Å². The third-order valence-corrected chi connectivity index (χ3v) is 2.77. The molecule has 0 spiro atoms. The van der Waals surface area contributed by atoms with Crippen LogP contribution in [-0.4, -0.2) is 0 Å². The quantitative estimate of drug-likeness (QED) is 0.891. The standard InChI is InChI=1S/C13H11ClN2O/c1-9(13-3-2-6-17-13)16-12-7-10(8-15)4-5-11(12)14/h2-7,9,16H,1H3. The zero-order chi connectivity index (χ0) is 12.3. The molecule has 3 nitrogen and oxygen atoms in total. The molecule has 0 aliphatic carbocycles. The van der Waals surface area contributed by atoms with Gasteiger partial charge in [0.05, 0.1) is 34.6 Å². The Morgan fingerprint density at radius 3 is 2.88 bits per heavy atom. The zero-order valence-electron chi connectivity index (χ0n) is 9.27. The van der Waals surface area contributed by atoms with Crippen LogP contribution in [0.4, 0.5) is 5.69 Å². The van der Waals surface area contributed by atoms with Crippen molar-refractivity contribution in [2.75, 3.05) is 5.32 Å². The van der Waals surface area contributed by atoms with E-state index in [0.29, 0.717) is 10.6 Å². The third kappa shape index (κ3) is 2.61. The highest BCUT2D eigenvalue weighted by Crippen LogP contribution is 2.27. The van der Waals surface area contributed by atoms with Crippen molar-refractivity contribution in [1.82, 2.24) is 0 Å². The lowest BCUT2D eigenvalue weighted by Crippen LogP contribution is -2.06. The number of nitriles is 1. The topological polar surface area (TPSA) is 49.0 Å². The zero-order valence-corrected chi connectivity index (χ0v) is 10.0. The lowest BCUT2D eigenvalue weighted by Gasteiger charge is -2.14. The van der Waals surface area contributed by atoms with Gasteiger partial charge in [0.15, 0.2) is 0 Å². The Kier molecular flexibility index (Phi) is 3.36. The smallest absolute Gasteiger partial charge is 0.125 e. The fraction of sp³-hybridized carbons (Fsp3) is 0.154. The Morgan fingerprint density at radius 1 is 1.41 bits per heavy atom. The molecule has 0 saturated carbocycles. The van der Waals surface area contributed by atoms with Crippen LogP contribution in [0.1, 0.15) is 24.3 Å². The Bertz CT molecular complexity index is 543. The van der Waals surface area contributed by atoms with E-state index in [-0.39, 0.29) is 6.04 Å². The van der Waals surface area contributed by atoms with Gasteiger partial charge in [0.1, 0.15) is 5.76 Å². The second-order valence-corrected chi connectivity index (χ2v) is 4.10. The van der Waals surface area contributed by atoms with Crippen LogP contribution in [0.5, 0.6) is 0 Å². The predicted molar refractivity (Wildman–Crippen MR) is 66.9 cm³/mol. The second kappa shape index (κ2) is 4.94. The molecule has 1 unspecified atom stereocenters. The van der Waals surface area contributed by atoms with Crippen LogP contribution < -0.4 is 5.32 Å². The Balaban J connectivity index is 2.21. The number of benzene rings is 1. The molecular weight excluding hydrogens is 236 g/mol. The summed E-state index contributed by atoms with van der Waals surface area (Å²) >= 11 is 6.06. The first-order valence-electron chi connectivity index (χ1n) is 5.20. The number of nitrogens with zero attached hydrogens (tertiary/aromatic N) is 1. The van der Waals surface area contributed by atoms with Crippen molar-refractivity contribution >= 4 is 17.3 Å². The average Bonchev–Trinajstić information content (AvgIpc) is 2.85. The monoisotopic (exact) mass is 246 g/mol.